The lowest BCUT2D eigenvalue weighted by Gasteiger charge is -2.18. The summed E-state index contributed by atoms with van der Waals surface area (Å²) in [4.78, 5) is 31.4. The molecule has 0 fully saturated rings. The number of carbonyl (C=O) groups excluding carboxylic acids is 2. The summed E-state index contributed by atoms with van der Waals surface area (Å²) in [5.41, 5.74) is 2.72. The Morgan fingerprint density at radius 1 is 1.19 bits per heavy atom. The second-order valence-electron chi connectivity index (χ2n) is 7.06. The maximum absolute atomic E-state index is 13.2. The third kappa shape index (κ3) is 6.36. The molecule has 0 saturated carbocycles. The number of aryl methyl sites for hydroxylation is 1. The molecule has 0 aromatic heterocycles. The SMILES string of the molecule is COCCCNC(=O)CSC1=N/C(=C\c2ccc(Cl)c(Cl)c2)C(=O)N1c1ccc(C)cc1. The normalized spacial score (nSPS) is 14.8. The van der Waals surface area contributed by atoms with Crippen molar-refractivity contribution in [2.24, 2.45) is 4.99 Å². The molecule has 2 aromatic rings. The number of ether oxygens (including phenoxy) is 1. The van der Waals surface area contributed by atoms with Crippen molar-refractivity contribution < 1.29 is 14.3 Å². The van der Waals surface area contributed by atoms with Gasteiger partial charge in [-0.25, -0.2) is 4.99 Å². The fourth-order valence-electron chi connectivity index (χ4n) is 2.90. The number of hydrogen-bond acceptors (Lipinski definition) is 5. The highest BCUT2D eigenvalue weighted by Crippen LogP contribution is 2.30. The summed E-state index contributed by atoms with van der Waals surface area (Å²) in [6.45, 7) is 3.09. The first-order chi connectivity index (χ1) is 15.4. The topological polar surface area (TPSA) is 71.0 Å². The molecule has 0 bridgehead atoms. The van der Waals surface area contributed by atoms with E-state index in [9.17, 15) is 9.59 Å². The molecule has 0 unspecified atom stereocenters. The second kappa shape index (κ2) is 11.5. The summed E-state index contributed by atoms with van der Waals surface area (Å²) in [7, 11) is 1.62. The number of thioether (sulfide) groups is 1. The van der Waals surface area contributed by atoms with Crippen LogP contribution in [0.15, 0.2) is 53.2 Å². The van der Waals surface area contributed by atoms with Crippen molar-refractivity contribution in [2.45, 2.75) is 13.3 Å². The molecule has 2 amide bonds. The van der Waals surface area contributed by atoms with Gasteiger partial charge in [0, 0.05) is 20.3 Å². The highest BCUT2D eigenvalue weighted by Gasteiger charge is 2.32. The van der Waals surface area contributed by atoms with Crippen LogP contribution in [-0.2, 0) is 14.3 Å². The summed E-state index contributed by atoms with van der Waals surface area (Å²) < 4.78 is 4.98. The maximum Gasteiger partial charge on any atom is 0.283 e. The van der Waals surface area contributed by atoms with Gasteiger partial charge < -0.3 is 10.1 Å². The van der Waals surface area contributed by atoms with Gasteiger partial charge in [0.2, 0.25) is 5.91 Å². The van der Waals surface area contributed by atoms with Gasteiger partial charge >= 0.3 is 0 Å². The van der Waals surface area contributed by atoms with Gasteiger partial charge in [-0.2, -0.15) is 0 Å². The molecular weight excluding hydrogens is 469 g/mol. The number of nitrogens with zero attached hydrogens (tertiary/aromatic N) is 2. The number of nitrogens with one attached hydrogen (secondary N) is 1. The number of hydrogen-bond donors (Lipinski definition) is 1. The first-order valence-electron chi connectivity index (χ1n) is 9.94. The molecule has 1 N–H and O–H groups in total. The smallest absolute Gasteiger partial charge is 0.283 e. The molecule has 0 saturated heterocycles. The van der Waals surface area contributed by atoms with Crippen LogP contribution in [0.3, 0.4) is 0 Å². The summed E-state index contributed by atoms with van der Waals surface area (Å²) in [6.07, 6.45) is 2.39. The molecule has 32 heavy (non-hydrogen) atoms. The van der Waals surface area contributed by atoms with Crippen LogP contribution >= 0.6 is 35.0 Å². The quantitative estimate of drug-likeness (QED) is 0.419. The van der Waals surface area contributed by atoms with Crippen LogP contribution in [0.5, 0.6) is 0 Å². The zero-order valence-electron chi connectivity index (χ0n) is 17.7. The molecule has 0 radical (unpaired) electrons. The summed E-state index contributed by atoms with van der Waals surface area (Å²) >= 11 is 13.3. The van der Waals surface area contributed by atoms with Crippen molar-refractivity contribution in [1.82, 2.24) is 5.32 Å². The average molecular weight is 492 g/mol. The van der Waals surface area contributed by atoms with Gasteiger partial charge in [0.05, 0.1) is 21.5 Å². The van der Waals surface area contributed by atoms with Crippen molar-refractivity contribution in [1.29, 1.82) is 0 Å². The fourth-order valence-corrected chi connectivity index (χ4v) is 4.05. The van der Waals surface area contributed by atoms with E-state index in [2.05, 4.69) is 10.3 Å². The molecule has 0 aliphatic carbocycles. The number of amides is 2. The van der Waals surface area contributed by atoms with Crippen LogP contribution in [0.25, 0.3) is 6.08 Å². The van der Waals surface area contributed by atoms with Gasteiger partial charge in [0.15, 0.2) is 5.17 Å². The zero-order chi connectivity index (χ0) is 23.1. The Hall–Kier alpha value is -2.32. The van der Waals surface area contributed by atoms with E-state index < -0.39 is 0 Å². The molecule has 168 valence electrons. The molecule has 1 aliphatic rings. The van der Waals surface area contributed by atoms with E-state index in [1.807, 2.05) is 31.2 Å². The molecule has 1 aliphatic heterocycles. The minimum Gasteiger partial charge on any atom is -0.385 e. The Morgan fingerprint density at radius 3 is 2.62 bits per heavy atom. The van der Waals surface area contributed by atoms with Gasteiger partial charge in [-0.15, -0.1) is 0 Å². The van der Waals surface area contributed by atoms with Crippen LogP contribution in [-0.4, -0.2) is 43.0 Å². The molecule has 1 heterocycles. The lowest BCUT2D eigenvalue weighted by Crippen LogP contribution is -2.32. The fraction of sp³-hybridized carbons (Fsp3) is 0.261. The Morgan fingerprint density at radius 2 is 1.94 bits per heavy atom. The van der Waals surface area contributed by atoms with Gasteiger partial charge in [0.25, 0.3) is 5.91 Å². The van der Waals surface area contributed by atoms with Gasteiger partial charge in [0.1, 0.15) is 5.70 Å². The van der Waals surface area contributed by atoms with Crippen LogP contribution < -0.4 is 10.2 Å². The van der Waals surface area contributed by atoms with E-state index in [-0.39, 0.29) is 23.3 Å². The largest absolute Gasteiger partial charge is 0.385 e. The third-order valence-corrected chi connectivity index (χ3v) is 6.23. The number of anilines is 1. The summed E-state index contributed by atoms with van der Waals surface area (Å²) in [5, 5.41) is 4.11. The second-order valence-corrected chi connectivity index (χ2v) is 8.82. The monoisotopic (exact) mass is 491 g/mol. The van der Waals surface area contributed by atoms with Crippen molar-refractivity contribution in [3.05, 3.63) is 69.3 Å². The molecule has 6 nitrogen and oxygen atoms in total. The summed E-state index contributed by atoms with van der Waals surface area (Å²) in [5.74, 6) is -0.267. The molecule has 2 aromatic carbocycles. The number of benzene rings is 2. The Bertz CT molecular complexity index is 1050. The lowest BCUT2D eigenvalue weighted by molar-refractivity contribution is -0.118. The van der Waals surface area contributed by atoms with E-state index in [1.54, 1.807) is 31.4 Å². The first-order valence-corrected chi connectivity index (χ1v) is 11.7. The number of halogens is 2. The third-order valence-electron chi connectivity index (χ3n) is 4.55. The van der Waals surface area contributed by atoms with E-state index in [0.29, 0.717) is 39.6 Å². The Labute approximate surface area is 201 Å². The van der Waals surface area contributed by atoms with E-state index in [4.69, 9.17) is 27.9 Å². The Kier molecular flexibility index (Phi) is 8.75. The van der Waals surface area contributed by atoms with Crippen molar-refractivity contribution >= 4 is 63.7 Å². The van der Waals surface area contributed by atoms with Gasteiger partial charge in [-0.05, 0) is 49.2 Å². The maximum atomic E-state index is 13.2. The van der Waals surface area contributed by atoms with Gasteiger partial charge in [-0.1, -0.05) is 58.7 Å². The summed E-state index contributed by atoms with van der Waals surface area (Å²) in [6, 6.07) is 12.7. The minimum absolute atomic E-state index is 0.132. The first kappa shape index (κ1) is 24.3. The molecule has 3 rings (SSSR count). The van der Waals surface area contributed by atoms with Crippen molar-refractivity contribution in [3.8, 4) is 0 Å². The van der Waals surface area contributed by atoms with Crippen LogP contribution in [0.1, 0.15) is 17.5 Å². The molecule has 0 spiro atoms. The van der Waals surface area contributed by atoms with Gasteiger partial charge in [-0.3, -0.25) is 14.5 Å². The van der Waals surface area contributed by atoms with E-state index in [1.165, 1.54) is 16.7 Å². The van der Waals surface area contributed by atoms with E-state index in [0.717, 1.165) is 12.0 Å². The number of rotatable bonds is 8. The van der Waals surface area contributed by atoms with Crippen LogP contribution in [0, 0.1) is 6.92 Å². The zero-order valence-corrected chi connectivity index (χ0v) is 20.1. The van der Waals surface area contributed by atoms with E-state index >= 15 is 0 Å². The average Bonchev–Trinajstić information content (AvgIpc) is 3.08. The van der Waals surface area contributed by atoms with Crippen molar-refractivity contribution in [3.63, 3.8) is 0 Å². The van der Waals surface area contributed by atoms with Crippen LogP contribution in [0.2, 0.25) is 10.0 Å². The lowest BCUT2D eigenvalue weighted by atomic mass is 10.2. The number of methoxy groups -OCH3 is 1. The molecular formula is C23H23Cl2N3O3S. The Balaban J connectivity index is 1.81. The molecule has 9 heteroatoms. The minimum atomic E-state index is -0.275. The number of aliphatic imine (C=N–C) groups is 1. The highest BCUT2D eigenvalue weighted by atomic mass is 35.5. The predicted octanol–water partition coefficient (Wildman–Crippen LogP) is 4.93. The van der Waals surface area contributed by atoms with Crippen molar-refractivity contribution in [2.75, 3.05) is 30.9 Å². The number of carbonyl (C=O) groups is 2. The predicted molar refractivity (Wildman–Crippen MR) is 132 cm³/mol. The molecule has 0 atom stereocenters. The standard InChI is InChI=1S/C23H23Cl2N3O3S/c1-15-4-7-17(8-5-15)28-22(30)20(13-16-6-9-18(24)19(25)12-16)27-23(28)32-14-21(29)26-10-3-11-31-2/h4-9,12-13H,3,10-11,14H2,1-2H3,(H,26,29)/b20-13-. The van der Waals surface area contributed by atoms with Crippen LogP contribution in [0.4, 0.5) is 5.69 Å². The number of amidine groups is 1. The highest BCUT2D eigenvalue weighted by molar-refractivity contribution is 8.14.